The lowest BCUT2D eigenvalue weighted by molar-refractivity contribution is -0.137. The summed E-state index contributed by atoms with van der Waals surface area (Å²) in [5.74, 6) is -0.303. The van der Waals surface area contributed by atoms with E-state index in [-0.39, 0.29) is 12.3 Å². The Hall–Kier alpha value is -1.06. The zero-order valence-electron chi connectivity index (χ0n) is 9.82. The number of carboxylic acid groups (broad SMARTS) is 1. The van der Waals surface area contributed by atoms with Crippen LogP contribution >= 0.6 is 0 Å². The van der Waals surface area contributed by atoms with Gasteiger partial charge in [-0.05, 0) is 12.3 Å². The summed E-state index contributed by atoms with van der Waals surface area (Å²) in [6.45, 7) is 4.94. The van der Waals surface area contributed by atoms with Crippen molar-refractivity contribution in [1.82, 2.24) is 4.90 Å². The second-order valence-electron chi connectivity index (χ2n) is 4.03. The maximum Gasteiger partial charge on any atom is 0.303 e. The molecule has 0 saturated carbocycles. The third-order valence-electron chi connectivity index (χ3n) is 2.49. The maximum atomic E-state index is 11.5. The van der Waals surface area contributed by atoms with Crippen molar-refractivity contribution in [3.05, 3.63) is 0 Å². The van der Waals surface area contributed by atoms with Gasteiger partial charge in [-0.3, -0.25) is 9.59 Å². The Labute approximate surface area is 91.3 Å². The monoisotopic (exact) mass is 215 g/mol. The molecule has 0 aliphatic carbocycles. The van der Waals surface area contributed by atoms with E-state index in [2.05, 4.69) is 13.8 Å². The van der Waals surface area contributed by atoms with Crippen molar-refractivity contribution in [2.24, 2.45) is 5.92 Å². The van der Waals surface area contributed by atoms with Gasteiger partial charge in [0.15, 0.2) is 0 Å². The zero-order valence-corrected chi connectivity index (χ0v) is 9.82. The van der Waals surface area contributed by atoms with Gasteiger partial charge in [0.25, 0.3) is 0 Å². The van der Waals surface area contributed by atoms with E-state index in [1.54, 1.807) is 11.9 Å². The lowest BCUT2D eigenvalue weighted by Crippen LogP contribution is -2.30. The molecule has 4 nitrogen and oxygen atoms in total. The number of carbonyl (C=O) groups excluding carboxylic acids is 1. The van der Waals surface area contributed by atoms with Gasteiger partial charge >= 0.3 is 5.97 Å². The molecule has 15 heavy (non-hydrogen) atoms. The van der Waals surface area contributed by atoms with Gasteiger partial charge in [0.2, 0.25) is 5.91 Å². The van der Waals surface area contributed by atoms with Crippen molar-refractivity contribution in [3.8, 4) is 0 Å². The first-order valence-corrected chi connectivity index (χ1v) is 5.43. The van der Waals surface area contributed by atoms with E-state index in [1.807, 2.05) is 0 Å². The van der Waals surface area contributed by atoms with Crippen molar-refractivity contribution in [2.45, 2.75) is 39.5 Å². The molecule has 0 saturated heterocycles. The summed E-state index contributed by atoms with van der Waals surface area (Å²) in [5.41, 5.74) is 0. The van der Waals surface area contributed by atoms with Crippen LogP contribution in [0.2, 0.25) is 0 Å². The molecule has 0 rings (SSSR count). The highest BCUT2D eigenvalue weighted by molar-refractivity contribution is 5.76. The quantitative estimate of drug-likeness (QED) is 0.703. The number of aliphatic carboxylic acids is 1. The molecule has 0 aliphatic heterocycles. The topological polar surface area (TPSA) is 57.6 Å². The van der Waals surface area contributed by atoms with E-state index in [0.717, 1.165) is 13.0 Å². The molecule has 4 heteroatoms. The summed E-state index contributed by atoms with van der Waals surface area (Å²) in [7, 11) is 1.77. The first-order chi connectivity index (χ1) is 6.97. The Balaban J connectivity index is 3.74. The van der Waals surface area contributed by atoms with Crippen molar-refractivity contribution in [2.75, 3.05) is 13.6 Å². The number of rotatable bonds is 7. The predicted molar refractivity (Wildman–Crippen MR) is 58.6 cm³/mol. The highest BCUT2D eigenvalue weighted by Gasteiger charge is 2.11. The molecule has 88 valence electrons. The van der Waals surface area contributed by atoms with Crippen molar-refractivity contribution < 1.29 is 14.7 Å². The Kier molecular flexibility index (Phi) is 6.75. The SMILES string of the molecule is CCC(C)CN(C)C(=O)CCCC(=O)O. The van der Waals surface area contributed by atoms with Crippen LogP contribution in [0.4, 0.5) is 0 Å². The van der Waals surface area contributed by atoms with E-state index < -0.39 is 5.97 Å². The van der Waals surface area contributed by atoms with Crippen LogP contribution in [0, 0.1) is 5.92 Å². The van der Waals surface area contributed by atoms with Crippen LogP contribution in [0.25, 0.3) is 0 Å². The van der Waals surface area contributed by atoms with E-state index in [0.29, 0.717) is 18.8 Å². The third-order valence-corrected chi connectivity index (χ3v) is 2.49. The molecule has 1 amide bonds. The maximum absolute atomic E-state index is 11.5. The second-order valence-corrected chi connectivity index (χ2v) is 4.03. The molecule has 1 atom stereocenters. The van der Waals surface area contributed by atoms with Crippen LogP contribution in [0.3, 0.4) is 0 Å². The Morgan fingerprint density at radius 2 is 1.93 bits per heavy atom. The summed E-state index contributed by atoms with van der Waals surface area (Å²) in [6, 6.07) is 0. The Morgan fingerprint density at radius 1 is 1.33 bits per heavy atom. The van der Waals surface area contributed by atoms with Crippen LogP contribution in [0.15, 0.2) is 0 Å². The summed E-state index contributed by atoms with van der Waals surface area (Å²) in [6.07, 6.45) is 1.88. The number of amides is 1. The molecule has 0 aliphatic rings. The summed E-state index contributed by atoms with van der Waals surface area (Å²) in [5, 5.41) is 8.42. The molecule has 0 aromatic carbocycles. The largest absolute Gasteiger partial charge is 0.481 e. The molecular weight excluding hydrogens is 194 g/mol. The van der Waals surface area contributed by atoms with Gasteiger partial charge in [0, 0.05) is 26.4 Å². The first-order valence-electron chi connectivity index (χ1n) is 5.43. The Bertz CT molecular complexity index is 216. The summed E-state index contributed by atoms with van der Waals surface area (Å²) >= 11 is 0. The minimum atomic E-state index is -0.840. The molecule has 0 heterocycles. The van der Waals surface area contributed by atoms with E-state index >= 15 is 0 Å². The van der Waals surface area contributed by atoms with Crippen LogP contribution < -0.4 is 0 Å². The number of hydrogen-bond acceptors (Lipinski definition) is 2. The van der Waals surface area contributed by atoms with Crippen LogP contribution in [0.5, 0.6) is 0 Å². The van der Waals surface area contributed by atoms with Gasteiger partial charge < -0.3 is 10.0 Å². The lowest BCUT2D eigenvalue weighted by atomic mass is 10.1. The van der Waals surface area contributed by atoms with Gasteiger partial charge in [-0.2, -0.15) is 0 Å². The number of hydrogen-bond donors (Lipinski definition) is 1. The molecule has 1 unspecified atom stereocenters. The highest BCUT2D eigenvalue weighted by Crippen LogP contribution is 2.05. The van der Waals surface area contributed by atoms with Gasteiger partial charge in [0.1, 0.15) is 0 Å². The van der Waals surface area contributed by atoms with E-state index in [4.69, 9.17) is 5.11 Å². The molecule has 0 spiro atoms. The lowest BCUT2D eigenvalue weighted by Gasteiger charge is -2.20. The average molecular weight is 215 g/mol. The fourth-order valence-electron chi connectivity index (χ4n) is 1.28. The van der Waals surface area contributed by atoms with Crippen LogP contribution in [-0.4, -0.2) is 35.5 Å². The number of carboxylic acids is 1. The minimum absolute atomic E-state index is 0.0385. The summed E-state index contributed by atoms with van der Waals surface area (Å²) < 4.78 is 0. The minimum Gasteiger partial charge on any atom is -0.481 e. The molecule has 0 bridgehead atoms. The van der Waals surface area contributed by atoms with Crippen molar-refractivity contribution in [3.63, 3.8) is 0 Å². The molecule has 0 fully saturated rings. The number of carbonyl (C=O) groups is 2. The third kappa shape index (κ3) is 6.94. The molecule has 1 N–H and O–H groups in total. The van der Waals surface area contributed by atoms with E-state index in [9.17, 15) is 9.59 Å². The van der Waals surface area contributed by atoms with Gasteiger partial charge in [-0.1, -0.05) is 20.3 Å². The van der Waals surface area contributed by atoms with Crippen LogP contribution in [0.1, 0.15) is 39.5 Å². The Morgan fingerprint density at radius 3 is 2.40 bits per heavy atom. The second kappa shape index (κ2) is 7.26. The van der Waals surface area contributed by atoms with Gasteiger partial charge in [0.05, 0.1) is 0 Å². The fourth-order valence-corrected chi connectivity index (χ4v) is 1.28. The average Bonchev–Trinajstić information content (AvgIpc) is 2.16. The summed E-state index contributed by atoms with van der Waals surface area (Å²) in [4.78, 5) is 23.4. The van der Waals surface area contributed by atoms with Crippen molar-refractivity contribution >= 4 is 11.9 Å². The standard InChI is InChI=1S/C11H21NO3/c1-4-9(2)8-12(3)10(13)6-5-7-11(14)15/h9H,4-8H2,1-3H3,(H,14,15). The van der Waals surface area contributed by atoms with Crippen molar-refractivity contribution in [1.29, 1.82) is 0 Å². The van der Waals surface area contributed by atoms with E-state index in [1.165, 1.54) is 0 Å². The van der Waals surface area contributed by atoms with Gasteiger partial charge in [-0.15, -0.1) is 0 Å². The smallest absolute Gasteiger partial charge is 0.303 e. The fraction of sp³-hybridized carbons (Fsp3) is 0.818. The highest BCUT2D eigenvalue weighted by atomic mass is 16.4. The normalized spacial score (nSPS) is 12.2. The molecule has 0 aromatic heterocycles. The van der Waals surface area contributed by atoms with Gasteiger partial charge in [-0.25, -0.2) is 0 Å². The zero-order chi connectivity index (χ0) is 11.8. The molecule has 0 radical (unpaired) electrons. The first kappa shape index (κ1) is 13.9. The molecular formula is C11H21NO3. The van der Waals surface area contributed by atoms with Crippen LogP contribution in [-0.2, 0) is 9.59 Å². The number of nitrogens with zero attached hydrogens (tertiary/aromatic N) is 1. The predicted octanol–water partition coefficient (Wildman–Crippen LogP) is 1.75. The molecule has 0 aromatic rings.